The Morgan fingerprint density at radius 1 is 1.35 bits per heavy atom. The van der Waals surface area contributed by atoms with Crippen molar-refractivity contribution in [2.45, 2.75) is 12.8 Å². The Bertz CT molecular complexity index is 469. The summed E-state index contributed by atoms with van der Waals surface area (Å²) in [7, 11) is 1.72. The van der Waals surface area contributed by atoms with Crippen LogP contribution in [0.1, 0.15) is 23.2 Å². The summed E-state index contributed by atoms with van der Waals surface area (Å²) >= 11 is 0. The molecular weight excluding hydrogens is 254 g/mol. The fraction of sp³-hybridized carbons (Fsp3) is 0.333. The molecule has 2 amide bonds. The van der Waals surface area contributed by atoms with E-state index in [2.05, 4.69) is 11.9 Å². The van der Waals surface area contributed by atoms with Crippen LogP contribution in [0.4, 0.5) is 5.69 Å². The number of rotatable bonds is 7. The highest BCUT2D eigenvalue weighted by Crippen LogP contribution is 2.05. The molecule has 0 saturated carbocycles. The number of carbonyl (C=O) groups excluding carboxylic acids is 2. The third kappa shape index (κ3) is 5.14. The first-order valence-electron chi connectivity index (χ1n) is 6.53. The second-order valence-electron chi connectivity index (χ2n) is 4.55. The maximum atomic E-state index is 11.8. The van der Waals surface area contributed by atoms with Crippen molar-refractivity contribution in [3.8, 4) is 0 Å². The van der Waals surface area contributed by atoms with Crippen LogP contribution >= 0.6 is 0 Å². The van der Waals surface area contributed by atoms with Crippen LogP contribution in [0.3, 0.4) is 0 Å². The number of hydrogen-bond acceptors (Lipinski definition) is 3. The standard InChI is InChI=1S/C15H21N3O2/c1-3-4-5-10-18(2)14(19)11-17-15(20)12-6-8-13(16)9-7-12/h3,6-9H,1,4-5,10-11,16H2,2H3,(H,17,20). The van der Waals surface area contributed by atoms with Crippen molar-refractivity contribution in [3.63, 3.8) is 0 Å². The van der Waals surface area contributed by atoms with E-state index in [1.165, 1.54) is 0 Å². The number of anilines is 1. The minimum Gasteiger partial charge on any atom is -0.399 e. The van der Waals surface area contributed by atoms with Crippen LogP contribution in [0.2, 0.25) is 0 Å². The summed E-state index contributed by atoms with van der Waals surface area (Å²) in [5.74, 6) is -0.393. The molecule has 0 aliphatic rings. The molecule has 5 heteroatoms. The first-order valence-corrected chi connectivity index (χ1v) is 6.53. The molecule has 0 spiro atoms. The van der Waals surface area contributed by atoms with Crippen molar-refractivity contribution in [3.05, 3.63) is 42.5 Å². The minimum atomic E-state index is -0.280. The molecule has 0 aliphatic carbocycles. The molecule has 0 bridgehead atoms. The Labute approximate surface area is 119 Å². The Hall–Kier alpha value is -2.30. The zero-order valence-corrected chi connectivity index (χ0v) is 11.8. The van der Waals surface area contributed by atoms with E-state index < -0.39 is 0 Å². The minimum absolute atomic E-state index is 0.00615. The van der Waals surface area contributed by atoms with Crippen LogP contribution in [0.5, 0.6) is 0 Å². The van der Waals surface area contributed by atoms with Crippen LogP contribution in [0.15, 0.2) is 36.9 Å². The van der Waals surface area contributed by atoms with Crippen molar-refractivity contribution in [2.24, 2.45) is 0 Å². The van der Waals surface area contributed by atoms with Crippen molar-refractivity contribution in [2.75, 3.05) is 25.9 Å². The summed E-state index contributed by atoms with van der Waals surface area (Å²) in [6.07, 6.45) is 3.56. The molecule has 0 heterocycles. The van der Waals surface area contributed by atoms with Gasteiger partial charge in [-0.2, -0.15) is 0 Å². The summed E-state index contributed by atoms with van der Waals surface area (Å²) in [6.45, 7) is 4.28. The number of likely N-dealkylation sites (N-methyl/N-ethyl adjacent to an activating group) is 1. The van der Waals surface area contributed by atoms with Gasteiger partial charge in [-0.3, -0.25) is 9.59 Å². The summed E-state index contributed by atoms with van der Waals surface area (Å²) in [5.41, 5.74) is 6.63. The fourth-order valence-electron chi connectivity index (χ4n) is 1.62. The van der Waals surface area contributed by atoms with Gasteiger partial charge in [-0.15, -0.1) is 6.58 Å². The number of allylic oxidation sites excluding steroid dienone is 1. The Kier molecular flexibility index (Phi) is 6.29. The van der Waals surface area contributed by atoms with E-state index in [9.17, 15) is 9.59 Å². The lowest BCUT2D eigenvalue weighted by molar-refractivity contribution is -0.128. The smallest absolute Gasteiger partial charge is 0.251 e. The van der Waals surface area contributed by atoms with Gasteiger partial charge in [-0.05, 0) is 37.1 Å². The van der Waals surface area contributed by atoms with Crippen molar-refractivity contribution >= 4 is 17.5 Å². The molecule has 0 unspecified atom stereocenters. The highest BCUT2D eigenvalue weighted by Gasteiger charge is 2.11. The average Bonchev–Trinajstić information content (AvgIpc) is 2.45. The number of nitrogens with two attached hydrogens (primary N) is 1. The van der Waals surface area contributed by atoms with Gasteiger partial charge in [-0.1, -0.05) is 6.08 Å². The van der Waals surface area contributed by atoms with Gasteiger partial charge in [0.2, 0.25) is 5.91 Å². The third-order valence-electron chi connectivity index (χ3n) is 2.90. The predicted molar refractivity (Wildman–Crippen MR) is 80.3 cm³/mol. The highest BCUT2D eigenvalue weighted by molar-refractivity contribution is 5.96. The zero-order valence-electron chi connectivity index (χ0n) is 11.8. The third-order valence-corrected chi connectivity index (χ3v) is 2.90. The second-order valence-corrected chi connectivity index (χ2v) is 4.55. The maximum Gasteiger partial charge on any atom is 0.251 e. The van der Waals surface area contributed by atoms with E-state index >= 15 is 0 Å². The number of hydrogen-bond donors (Lipinski definition) is 2. The quantitative estimate of drug-likeness (QED) is 0.449. The van der Waals surface area contributed by atoms with Crippen LogP contribution in [0, 0.1) is 0 Å². The van der Waals surface area contributed by atoms with Gasteiger partial charge in [0.05, 0.1) is 6.54 Å². The van der Waals surface area contributed by atoms with E-state index in [1.54, 1.807) is 36.2 Å². The van der Waals surface area contributed by atoms with E-state index in [0.29, 0.717) is 17.8 Å². The van der Waals surface area contributed by atoms with E-state index in [0.717, 1.165) is 12.8 Å². The number of unbranched alkanes of at least 4 members (excludes halogenated alkanes) is 1. The number of nitrogens with one attached hydrogen (secondary N) is 1. The molecule has 0 atom stereocenters. The summed E-state index contributed by atoms with van der Waals surface area (Å²) in [4.78, 5) is 25.2. The van der Waals surface area contributed by atoms with Gasteiger partial charge in [-0.25, -0.2) is 0 Å². The van der Waals surface area contributed by atoms with E-state index in [1.807, 2.05) is 6.08 Å². The van der Waals surface area contributed by atoms with Gasteiger partial charge in [0.15, 0.2) is 0 Å². The lowest BCUT2D eigenvalue weighted by atomic mass is 10.2. The SMILES string of the molecule is C=CCCCN(C)C(=O)CNC(=O)c1ccc(N)cc1. The Morgan fingerprint density at radius 3 is 2.60 bits per heavy atom. The van der Waals surface area contributed by atoms with Gasteiger partial charge in [0.25, 0.3) is 5.91 Å². The molecule has 0 fully saturated rings. The average molecular weight is 275 g/mol. The molecule has 1 rings (SSSR count). The van der Waals surface area contributed by atoms with Crippen LogP contribution in [-0.2, 0) is 4.79 Å². The molecule has 20 heavy (non-hydrogen) atoms. The lowest BCUT2D eigenvalue weighted by Crippen LogP contribution is -2.38. The summed E-state index contributed by atoms with van der Waals surface area (Å²) in [6, 6.07) is 6.56. The van der Waals surface area contributed by atoms with Gasteiger partial charge < -0.3 is 16.0 Å². The number of carbonyl (C=O) groups is 2. The topological polar surface area (TPSA) is 75.4 Å². The lowest BCUT2D eigenvalue weighted by Gasteiger charge is -2.17. The van der Waals surface area contributed by atoms with Crippen LogP contribution in [0.25, 0.3) is 0 Å². The first kappa shape index (κ1) is 15.8. The van der Waals surface area contributed by atoms with Crippen molar-refractivity contribution in [1.29, 1.82) is 0 Å². The number of nitrogen functional groups attached to an aromatic ring is 1. The fourth-order valence-corrected chi connectivity index (χ4v) is 1.62. The molecule has 1 aromatic carbocycles. The van der Waals surface area contributed by atoms with Crippen LogP contribution in [-0.4, -0.2) is 36.9 Å². The van der Waals surface area contributed by atoms with Gasteiger partial charge in [0.1, 0.15) is 0 Å². The molecule has 0 aliphatic heterocycles. The molecule has 1 aromatic rings. The molecule has 3 N–H and O–H groups in total. The number of nitrogens with zero attached hydrogens (tertiary/aromatic N) is 1. The van der Waals surface area contributed by atoms with Crippen molar-refractivity contribution < 1.29 is 9.59 Å². The Morgan fingerprint density at radius 2 is 2.00 bits per heavy atom. The zero-order chi connectivity index (χ0) is 15.0. The second kappa shape index (κ2) is 7.99. The Balaban J connectivity index is 2.38. The first-order chi connectivity index (χ1) is 9.54. The summed E-state index contributed by atoms with van der Waals surface area (Å²) in [5, 5.41) is 2.60. The van der Waals surface area contributed by atoms with Gasteiger partial charge in [0, 0.05) is 24.8 Å². The number of benzene rings is 1. The monoisotopic (exact) mass is 275 g/mol. The molecule has 0 radical (unpaired) electrons. The molecular formula is C15H21N3O2. The molecule has 108 valence electrons. The maximum absolute atomic E-state index is 11.8. The predicted octanol–water partition coefficient (Wildman–Crippen LogP) is 1.42. The van der Waals surface area contributed by atoms with Crippen LogP contribution < -0.4 is 11.1 Å². The molecule has 0 aromatic heterocycles. The highest BCUT2D eigenvalue weighted by atomic mass is 16.2. The van der Waals surface area contributed by atoms with Gasteiger partial charge >= 0.3 is 0 Å². The number of amides is 2. The largest absolute Gasteiger partial charge is 0.399 e. The van der Waals surface area contributed by atoms with E-state index in [4.69, 9.17) is 5.73 Å². The molecule has 0 saturated heterocycles. The molecule has 5 nitrogen and oxygen atoms in total. The summed E-state index contributed by atoms with van der Waals surface area (Å²) < 4.78 is 0. The van der Waals surface area contributed by atoms with E-state index in [-0.39, 0.29) is 18.4 Å². The normalized spacial score (nSPS) is 9.85. The van der Waals surface area contributed by atoms with Crippen molar-refractivity contribution in [1.82, 2.24) is 10.2 Å².